The van der Waals surface area contributed by atoms with Crippen LogP contribution in [0.4, 0.5) is 0 Å². The highest BCUT2D eigenvalue weighted by atomic mass is 32.2. The number of nitrogens with zero attached hydrogens (tertiary/aromatic N) is 1. The third-order valence-electron chi connectivity index (χ3n) is 4.85. The molecule has 2 aliphatic heterocycles. The quantitative estimate of drug-likeness (QED) is 0.853. The summed E-state index contributed by atoms with van der Waals surface area (Å²) in [6, 6.07) is 7.98. The van der Waals surface area contributed by atoms with Crippen LogP contribution in [0.2, 0.25) is 0 Å². The Bertz CT molecular complexity index is 506. The lowest BCUT2D eigenvalue weighted by Crippen LogP contribution is -2.52. The maximum Gasteiger partial charge on any atom is 0.255 e. The van der Waals surface area contributed by atoms with E-state index in [4.69, 9.17) is 0 Å². The summed E-state index contributed by atoms with van der Waals surface area (Å²) in [7, 11) is 0. The molecule has 1 N–H and O–H groups in total. The molecule has 0 saturated carbocycles. The molecule has 2 heterocycles. The molecule has 2 aliphatic rings. The molecule has 3 rings (SSSR count). The standard InChI is InChI=1S/C17H24N2OS/c1-21-15-7-3-2-6-14(15)16(20)19-11-5-9-17(13-19)8-4-10-18-12-17/h2-3,6-7,18H,4-5,8-13H2,1H3. The Morgan fingerprint density at radius 3 is 2.86 bits per heavy atom. The SMILES string of the molecule is CSc1ccccc1C(=O)N1CCCC2(CCCNC2)C1. The van der Waals surface area contributed by atoms with Gasteiger partial charge in [0.25, 0.3) is 5.91 Å². The summed E-state index contributed by atoms with van der Waals surface area (Å²) < 4.78 is 0. The van der Waals surface area contributed by atoms with Crippen molar-refractivity contribution in [2.24, 2.45) is 5.41 Å². The van der Waals surface area contributed by atoms with Crippen molar-refractivity contribution in [3.8, 4) is 0 Å². The Balaban J connectivity index is 1.78. The first kappa shape index (κ1) is 14.9. The molecule has 0 aromatic heterocycles. The summed E-state index contributed by atoms with van der Waals surface area (Å²) in [5.41, 5.74) is 1.19. The van der Waals surface area contributed by atoms with Crippen LogP contribution in [0.3, 0.4) is 0 Å². The van der Waals surface area contributed by atoms with E-state index in [1.807, 2.05) is 30.5 Å². The van der Waals surface area contributed by atoms with Crippen molar-refractivity contribution in [1.29, 1.82) is 0 Å². The normalized spacial score (nSPS) is 26.0. The lowest BCUT2D eigenvalue weighted by atomic mass is 9.74. The van der Waals surface area contributed by atoms with Crippen molar-refractivity contribution in [2.45, 2.75) is 30.6 Å². The van der Waals surface area contributed by atoms with Crippen LogP contribution in [-0.4, -0.2) is 43.2 Å². The number of likely N-dealkylation sites (tertiary alicyclic amines) is 1. The van der Waals surface area contributed by atoms with Crippen LogP contribution in [0.15, 0.2) is 29.2 Å². The van der Waals surface area contributed by atoms with E-state index in [9.17, 15) is 4.79 Å². The largest absolute Gasteiger partial charge is 0.338 e. The number of amides is 1. The molecule has 1 atom stereocenters. The predicted molar refractivity (Wildman–Crippen MR) is 87.9 cm³/mol. The number of carbonyl (C=O) groups excluding carboxylic acids is 1. The van der Waals surface area contributed by atoms with E-state index in [1.54, 1.807) is 11.8 Å². The van der Waals surface area contributed by atoms with Gasteiger partial charge in [-0.1, -0.05) is 12.1 Å². The van der Waals surface area contributed by atoms with Gasteiger partial charge in [-0.25, -0.2) is 0 Å². The zero-order valence-electron chi connectivity index (χ0n) is 12.7. The third kappa shape index (κ3) is 3.11. The molecule has 0 radical (unpaired) electrons. The van der Waals surface area contributed by atoms with E-state index >= 15 is 0 Å². The summed E-state index contributed by atoms with van der Waals surface area (Å²) in [4.78, 5) is 16.1. The van der Waals surface area contributed by atoms with Crippen LogP contribution < -0.4 is 5.32 Å². The second-order valence-corrected chi connectivity index (χ2v) is 7.16. The smallest absolute Gasteiger partial charge is 0.255 e. The Morgan fingerprint density at radius 2 is 2.10 bits per heavy atom. The van der Waals surface area contributed by atoms with Gasteiger partial charge in [0, 0.05) is 29.9 Å². The van der Waals surface area contributed by atoms with Gasteiger partial charge < -0.3 is 10.2 Å². The van der Waals surface area contributed by atoms with Gasteiger partial charge in [-0.3, -0.25) is 4.79 Å². The second-order valence-electron chi connectivity index (χ2n) is 6.31. The molecule has 1 amide bonds. The van der Waals surface area contributed by atoms with E-state index in [2.05, 4.69) is 10.2 Å². The summed E-state index contributed by atoms with van der Waals surface area (Å²) in [5, 5.41) is 3.53. The molecule has 0 aliphatic carbocycles. The molecular formula is C17H24N2OS. The summed E-state index contributed by atoms with van der Waals surface area (Å²) in [6.45, 7) is 4.02. The predicted octanol–water partition coefficient (Wildman–Crippen LogP) is 3.01. The van der Waals surface area contributed by atoms with Gasteiger partial charge in [0.1, 0.15) is 0 Å². The van der Waals surface area contributed by atoms with Gasteiger partial charge in [-0.05, 0) is 50.6 Å². The van der Waals surface area contributed by atoms with Gasteiger partial charge in [0.2, 0.25) is 0 Å². The molecule has 21 heavy (non-hydrogen) atoms. The fourth-order valence-corrected chi connectivity index (χ4v) is 4.34. The fraction of sp³-hybridized carbons (Fsp3) is 0.588. The molecule has 3 nitrogen and oxygen atoms in total. The molecule has 1 aromatic rings. The molecule has 4 heteroatoms. The molecule has 1 unspecified atom stereocenters. The number of hydrogen-bond donors (Lipinski definition) is 1. The molecule has 0 bridgehead atoms. The Kier molecular flexibility index (Phi) is 4.55. The number of benzene rings is 1. The average molecular weight is 304 g/mol. The van der Waals surface area contributed by atoms with E-state index in [0.717, 1.165) is 43.1 Å². The van der Waals surface area contributed by atoms with Crippen LogP contribution in [-0.2, 0) is 0 Å². The number of piperidine rings is 2. The lowest BCUT2D eigenvalue weighted by molar-refractivity contribution is 0.0431. The van der Waals surface area contributed by atoms with E-state index in [0.29, 0.717) is 5.41 Å². The third-order valence-corrected chi connectivity index (χ3v) is 5.64. The highest BCUT2D eigenvalue weighted by Gasteiger charge is 2.38. The summed E-state index contributed by atoms with van der Waals surface area (Å²) in [6.07, 6.45) is 6.93. The van der Waals surface area contributed by atoms with Crippen LogP contribution >= 0.6 is 11.8 Å². The van der Waals surface area contributed by atoms with Crippen molar-refractivity contribution in [1.82, 2.24) is 10.2 Å². The van der Waals surface area contributed by atoms with Gasteiger partial charge in [-0.15, -0.1) is 11.8 Å². The van der Waals surface area contributed by atoms with E-state index in [-0.39, 0.29) is 5.91 Å². The highest BCUT2D eigenvalue weighted by Crippen LogP contribution is 2.36. The first-order valence-corrected chi connectivity index (χ1v) is 9.10. The van der Waals surface area contributed by atoms with Crippen molar-refractivity contribution < 1.29 is 4.79 Å². The summed E-state index contributed by atoms with van der Waals surface area (Å²) >= 11 is 1.65. The number of carbonyl (C=O) groups is 1. The van der Waals surface area contributed by atoms with Crippen molar-refractivity contribution in [3.63, 3.8) is 0 Å². The maximum absolute atomic E-state index is 12.9. The number of hydrogen-bond acceptors (Lipinski definition) is 3. The zero-order chi connectivity index (χ0) is 14.7. The molecule has 2 saturated heterocycles. The second kappa shape index (κ2) is 6.41. The number of thioether (sulfide) groups is 1. The van der Waals surface area contributed by atoms with Gasteiger partial charge in [0.15, 0.2) is 0 Å². The number of rotatable bonds is 2. The Hall–Kier alpha value is -1.00. The molecule has 114 valence electrons. The average Bonchev–Trinajstić information content (AvgIpc) is 2.55. The minimum absolute atomic E-state index is 0.213. The fourth-order valence-electron chi connectivity index (χ4n) is 3.75. The van der Waals surface area contributed by atoms with Gasteiger partial charge in [0.05, 0.1) is 5.56 Å². The zero-order valence-corrected chi connectivity index (χ0v) is 13.5. The van der Waals surface area contributed by atoms with Crippen LogP contribution in [0.1, 0.15) is 36.0 Å². The Morgan fingerprint density at radius 1 is 1.29 bits per heavy atom. The van der Waals surface area contributed by atoms with E-state index in [1.165, 1.54) is 19.3 Å². The van der Waals surface area contributed by atoms with E-state index < -0.39 is 0 Å². The van der Waals surface area contributed by atoms with Crippen molar-refractivity contribution >= 4 is 17.7 Å². The van der Waals surface area contributed by atoms with Gasteiger partial charge in [-0.2, -0.15) is 0 Å². The maximum atomic E-state index is 12.9. The van der Waals surface area contributed by atoms with Crippen LogP contribution in [0.5, 0.6) is 0 Å². The lowest BCUT2D eigenvalue weighted by Gasteiger charge is -2.45. The van der Waals surface area contributed by atoms with Crippen LogP contribution in [0, 0.1) is 5.41 Å². The Labute approximate surface area is 131 Å². The first-order valence-electron chi connectivity index (χ1n) is 7.87. The molecular weight excluding hydrogens is 280 g/mol. The topological polar surface area (TPSA) is 32.3 Å². The molecule has 2 fully saturated rings. The van der Waals surface area contributed by atoms with Crippen molar-refractivity contribution in [2.75, 3.05) is 32.4 Å². The minimum Gasteiger partial charge on any atom is -0.338 e. The number of nitrogens with one attached hydrogen (secondary N) is 1. The van der Waals surface area contributed by atoms with Crippen LogP contribution in [0.25, 0.3) is 0 Å². The summed E-state index contributed by atoms with van der Waals surface area (Å²) in [5.74, 6) is 0.213. The molecule has 1 aromatic carbocycles. The van der Waals surface area contributed by atoms with Crippen molar-refractivity contribution in [3.05, 3.63) is 29.8 Å². The monoisotopic (exact) mass is 304 g/mol. The molecule has 1 spiro atoms. The first-order chi connectivity index (χ1) is 10.2. The van der Waals surface area contributed by atoms with Gasteiger partial charge >= 0.3 is 0 Å². The highest BCUT2D eigenvalue weighted by molar-refractivity contribution is 7.98. The minimum atomic E-state index is 0.213.